The molecule has 0 heterocycles. The van der Waals surface area contributed by atoms with Gasteiger partial charge in [0.2, 0.25) is 0 Å². The molecule has 84 valence electrons. The minimum Gasteiger partial charge on any atom is -0.169 e. The first-order chi connectivity index (χ1) is 6.73. The van der Waals surface area contributed by atoms with Crippen molar-refractivity contribution in [2.45, 2.75) is 17.9 Å². The third-order valence-corrected chi connectivity index (χ3v) is 4.39. The fraction of sp³-hybridized carbons (Fsp3) is 0.333. The van der Waals surface area contributed by atoms with Crippen molar-refractivity contribution in [2.24, 2.45) is 0 Å². The standard InChI is InChI=1S/C9H6Br3F3/c1-4-2-7(11)5(3-6(4)10)8(12)9(13,14)15/h2-3,8H,1H3. The molecule has 1 rings (SSSR count). The second-order valence-corrected chi connectivity index (χ2v) is 5.65. The van der Waals surface area contributed by atoms with E-state index in [2.05, 4.69) is 47.8 Å². The lowest BCUT2D eigenvalue weighted by molar-refractivity contribution is -0.128. The fourth-order valence-electron chi connectivity index (χ4n) is 1.03. The molecular formula is C9H6Br3F3. The topological polar surface area (TPSA) is 0 Å². The largest absolute Gasteiger partial charge is 0.405 e. The van der Waals surface area contributed by atoms with Gasteiger partial charge >= 0.3 is 6.18 Å². The molecule has 0 aliphatic heterocycles. The molecule has 0 spiro atoms. The molecule has 0 N–H and O–H groups in total. The molecule has 0 amide bonds. The van der Waals surface area contributed by atoms with Crippen LogP contribution >= 0.6 is 47.8 Å². The summed E-state index contributed by atoms with van der Waals surface area (Å²) < 4.78 is 38.5. The Morgan fingerprint density at radius 3 is 2.13 bits per heavy atom. The van der Waals surface area contributed by atoms with Crippen molar-refractivity contribution in [1.82, 2.24) is 0 Å². The normalized spacial score (nSPS) is 14.1. The van der Waals surface area contributed by atoms with Crippen molar-refractivity contribution in [3.05, 3.63) is 32.2 Å². The molecule has 0 aromatic heterocycles. The Hall–Kier alpha value is 0.450. The number of hydrogen-bond donors (Lipinski definition) is 0. The van der Waals surface area contributed by atoms with Crippen LogP contribution in [0.25, 0.3) is 0 Å². The predicted molar refractivity (Wildman–Crippen MR) is 64.3 cm³/mol. The molecule has 6 heteroatoms. The maximum absolute atomic E-state index is 12.5. The molecule has 0 saturated carbocycles. The highest BCUT2D eigenvalue weighted by Gasteiger charge is 2.39. The number of halogens is 6. The first-order valence-electron chi connectivity index (χ1n) is 3.90. The van der Waals surface area contributed by atoms with E-state index in [0.29, 0.717) is 8.95 Å². The van der Waals surface area contributed by atoms with Crippen molar-refractivity contribution in [1.29, 1.82) is 0 Å². The second-order valence-electron chi connectivity index (χ2n) is 3.03. The van der Waals surface area contributed by atoms with Gasteiger partial charge in [-0.3, -0.25) is 0 Å². The van der Waals surface area contributed by atoms with Crippen LogP contribution in [0.2, 0.25) is 0 Å². The lowest BCUT2D eigenvalue weighted by Gasteiger charge is -2.16. The Kier molecular flexibility index (Phi) is 4.28. The van der Waals surface area contributed by atoms with E-state index >= 15 is 0 Å². The van der Waals surface area contributed by atoms with Gasteiger partial charge in [0.25, 0.3) is 0 Å². The Bertz CT molecular complexity index is 374. The maximum atomic E-state index is 12.5. The van der Waals surface area contributed by atoms with Gasteiger partial charge in [-0.2, -0.15) is 13.2 Å². The summed E-state index contributed by atoms with van der Waals surface area (Å²) >= 11 is 8.97. The molecule has 0 nitrogen and oxygen atoms in total. The first-order valence-corrected chi connectivity index (χ1v) is 6.40. The highest BCUT2D eigenvalue weighted by molar-refractivity contribution is 9.11. The van der Waals surface area contributed by atoms with Crippen molar-refractivity contribution >= 4 is 47.8 Å². The molecule has 1 aromatic rings. The zero-order chi connectivity index (χ0) is 11.8. The molecule has 15 heavy (non-hydrogen) atoms. The predicted octanol–water partition coefficient (Wildman–Crippen LogP) is 5.52. The highest BCUT2D eigenvalue weighted by Crippen LogP contribution is 2.43. The summed E-state index contributed by atoms with van der Waals surface area (Å²) in [5, 5.41) is 0. The number of benzene rings is 1. The summed E-state index contributed by atoms with van der Waals surface area (Å²) in [6.45, 7) is 1.81. The van der Waals surface area contributed by atoms with Crippen LogP contribution in [0.1, 0.15) is 16.0 Å². The van der Waals surface area contributed by atoms with E-state index in [1.165, 1.54) is 6.07 Å². The summed E-state index contributed by atoms with van der Waals surface area (Å²) in [4.78, 5) is -1.66. The number of aryl methyl sites for hydroxylation is 1. The lowest BCUT2D eigenvalue weighted by atomic mass is 10.1. The minimum atomic E-state index is -4.29. The van der Waals surface area contributed by atoms with Gasteiger partial charge in [-0.1, -0.05) is 47.8 Å². The summed E-state index contributed by atoms with van der Waals surface area (Å²) in [6.07, 6.45) is -4.29. The lowest BCUT2D eigenvalue weighted by Crippen LogP contribution is -2.15. The van der Waals surface area contributed by atoms with E-state index in [9.17, 15) is 13.2 Å². The minimum absolute atomic E-state index is 0.167. The zero-order valence-corrected chi connectivity index (χ0v) is 12.3. The smallest absolute Gasteiger partial charge is 0.169 e. The molecular weight excluding hydrogens is 405 g/mol. The number of hydrogen-bond acceptors (Lipinski definition) is 0. The van der Waals surface area contributed by atoms with Crippen LogP contribution in [0.4, 0.5) is 13.2 Å². The van der Waals surface area contributed by atoms with E-state index in [-0.39, 0.29) is 5.56 Å². The van der Waals surface area contributed by atoms with Gasteiger partial charge in [-0.25, -0.2) is 0 Å². The van der Waals surface area contributed by atoms with Crippen LogP contribution in [-0.4, -0.2) is 6.18 Å². The molecule has 0 bridgehead atoms. The van der Waals surface area contributed by atoms with Crippen molar-refractivity contribution < 1.29 is 13.2 Å². The Morgan fingerprint density at radius 2 is 1.67 bits per heavy atom. The highest BCUT2D eigenvalue weighted by atomic mass is 79.9. The van der Waals surface area contributed by atoms with Crippen molar-refractivity contribution in [3.63, 3.8) is 0 Å². The van der Waals surface area contributed by atoms with E-state index in [0.717, 1.165) is 5.56 Å². The van der Waals surface area contributed by atoms with Gasteiger partial charge in [0.15, 0.2) is 0 Å². The summed E-state index contributed by atoms with van der Waals surface area (Å²) in [7, 11) is 0. The molecule has 0 saturated heterocycles. The van der Waals surface area contributed by atoms with Gasteiger partial charge in [0.05, 0.1) is 0 Å². The SMILES string of the molecule is Cc1cc(Br)c(C(Br)C(F)(F)F)cc1Br. The molecule has 0 radical (unpaired) electrons. The first kappa shape index (κ1) is 13.5. The van der Waals surface area contributed by atoms with Crippen LogP contribution in [0.5, 0.6) is 0 Å². The van der Waals surface area contributed by atoms with Gasteiger partial charge in [0.1, 0.15) is 4.83 Å². The van der Waals surface area contributed by atoms with Gasteiger partial charge < -0.3 is 0 Å². The number of rotatable bonds is 1. The molecule has 0 fully saturated rings. The molecule has 0 aliphatic rings. The van der Waals surface area contributed by atoms with Crippen LogP contribution in [-0.2, 0) is 0 Å². The Balaban J connectivity index is 3.21. The molecule has 1 atom stereocenters. The van der Waals surface area contributed by atoms with E-state index < -0.39 is 11.0 Å². The van der Waals surface area contributed by atoms with E-state index in [1.807, 2.05) is 6.92 Å². The van der Waals surface area contributed by atoms with Gasteiger partial charge in [0, 0.05) is 8.95 Å². The fourth-order valence-corrected chi connectivity index (χ4v) is 2.77. The monoisotopic (exact) mass is 408 g/mol. The molecule has 1 aromatic carbocycles. The summed E-state index contributed by atoms with van der Waals surface area (Å²) in [5.41, 5.74) is 1.05. The third-order valence-electron chi connectivity index (χ3n) is 1.84. The van der Waals surface area contributed by atoms with Crippen LogP contribution < -0.4 is 0 Å². The molecule has 1 unspecified atom stereocenters. The Labute approximate surface area is 111 Å². The average Bonchev–Trinajstić information content (AvgIpc) is 2.08. The van der Waals surface area contributed by atoms with E-state index in [1.54, 1.807) is 6.07 Å². The van der Waals surface area contributed by atoms with Gasteiger partial charge in [-0.15, -0.1) is 0 Å². The van der Waals surface area contributed by atoms with E-state index in [4.69, 9.17) is 0 Å². The maximum Gasteiger partial charge on any atom is 0.405 e. The van der Waals surface area contributed by atoms with Crippen molar-refractivity contribution in [2.75, 3.05) is 0 Å². The van der Waals surface area contributed by atoms with Crippen molar-refractivity contribution in [3.8, 4) is 0 Å². The zero-order valence-electron chi connectivity index (χ0n) is 7.50. The van der Waals surface area contributed by atoms with Crippen LogP contribution in [0, 0.1) is 6.92 Å². The summed E-state index contributed by atoms with van der Waals surface area (Å²) in [5.74, 6) is 0. The Morgan fingerprint density at radius 1 is 1.13 bits per heavy atom. The van der Waals surface area contributed by atoms with Crippen LogP contribution in [0.3, 0.4) is 0 Å². The quantitative estimate of drug-likeness (QED) is 0.535. The molecule has 0 aliphatic carbocycles. The van der Waals surface area contributed by atoms with Gasteiger partial charge in [-0.05, 0) is 30.2 Å². The number of alkyl halides is 4. The van der Waals surface area contributed by atoms with Crippen LogP contribution in [0.15, 0.2) is 21.1 Å². The second kappa shape index (κ2) is 4.75. The summed E-state index contributed by atoms with van der Waals surface area (Å²) in [6, 6.07) is 3.12. The third kappa shape index (κ3) is 3.20. The average molecular weight is 411 g/mol.